The molecule has 0 aliphatic carbocycles. The van der Waals surface area contributed by atoms with Crippen LogP contribution in [0.15, 0.2) is 59.6 Å². The van der Waals surface area contributed by atoms with Crippen LogP contribution in [0.25, 0.3) is 0 Å². The van der Waals surface area contributed by atoms with Crippen molar-refractivity contribution in [3.05, 3.63) is 71.5 Å². The molecule has 0 saturated carbocycles. The zero-order valence-electron chi connectivity index (χ0n) is 17.4. The highest BCUT2D eigenvalue weighted by molar-refractivity contribution is 7.89. The number of ketones is 1. The van der Waals surface area contributed by atoms with Crippen LogP contribution >= 0.6 is 0 Å². The molecule has 1 aromatic heterocycles. The number of aryl methyl sites for hydroxylation is 1. The lowest BCUT2D eigenvalue weighted by molar-refractivity contribution is 0.101. The van der Waals surface area contributed by atoms with E-state index in [1.54, 1.807) is 13.1 Å². The molecule has 0 aliphatic heterocycles. The summed E-state index contributed by atoms with van der Waals surface area (Å²) in [7, 11) is -3.77. The van der Waals surface area contributed by atoms with Gasteiger partial charge < -0.3 is 4.74 Å². The minimum Gasteiger partial charge on any atom is -0.426 e. The van der Waals surface area contributed by atoms with Gasteiger partial charge in [-0.3, -0.25) is 9.36 Å². The fourth-order valence-corrected chi connectivity index (χ4v) is 4.27. The molecule has 1 unspecified atom stereocenters. The van der Waals surface area contributed by atoms with Gasteiger partial charge in [0.15, 0.2) is 5.78 Å². The van der Waals surface area contributed by atoms with E-state index in [4.69, 9.17) is 4.74 Å². The smallest absolute Gasteiger partial charge is 0.302 e. The van der Waals surface area contributed by atoms with Gasteiger partial charge in [-0.05, 0) is 52.0 Å². The van der Waals surface area contributed by atoms with Crippen molar-refractivity contribution in [1.82, 2.24) is 14.3 Å². The van der Waals surface area contributed by atoms with E-state index in [2.05, 4.69) is 9.71 Å². The van der Waals surface area contributed by atoms with Crippen molar-refractivity contribution in [2.24, 2.45) is 0 Å². The van der Waals surface area contributed by atoms with Crippen LogP contribution in [0.5, 0.6) is 11.8 Å². The molecular weight excluding hydrogens is 402 g/mol. The van der Waals surface area contributed by atoms with Crippen LogP contribution in [-0.4, -0.2) is 23.8 Å². The Morgan fingerprint density at radius 1 is 1.13 bits per heavy atom. The van der Waals surface area contributed by atoms with Crippen LogP contribution in [0.3, 0.4) is 0 Å². The minimum absolute atomic E-state index is 0.0954. The van der Waals surface area contributed by atoms with E-state index in [0.717, 1.165) is 5.56 Å². The van der Waals surface area contributed by atoms with Crippen LogP contribution in [0, 0.1) is 6.92 Å². The van der Waals surface area contributed by atoms with Crippen LogP contribution < -0.4 is 9.46 Å². The van der Waals surface area contributed by atoms with Crippen molar-refractivity contribution in [3.63, 3.8) is 0 Å². The number of ether oxygens (including phenoxy) is 1. The minimum atomic E-state index is -3.77. The highest BCUT2D eigenvalue weighted by Crippen LogP contribution is 2.26. The molecule has 158 valence electrons. The quantitative estimate of drug-likeness (QED) is 0.543. The summed E-state index contributed by atoms with van der Waals surface area (Å²) >= 11 is 0. The van der Waals surface area contributed by atoms with E-state index in [0.29, 0.717) is 29.6 Å². The first kappa shape index (κ1) is 21.7. The van der Waals surface area contributed by atoms with Gasteiger partial charge in [-0.15, -0.1) is 0 Å². The van der Waals surface area contributed by atoms with E-state index in [1.807, 2.05) is 42.7 Å². The average molecular weight is 428 g/mol. The molecular formula is C22H25N3O4S. The SMILES string of the molecule is CCn1c(C(C)NS(=O)(=O)c2ccc(C(C)=O)cc2)cnc1Oc1ccc(C)cc1. The number of hydrogen-bond donors (Lipinski definition) is 1. The Hall–Kier alpha value is -2.97. The summed E-state index contributed by atoms with van der Waals surface area (Å²) in [5.41, 5.74) is 2.27. The Morgan fingerprint density at radius 3 is 2.33 bits per heavy atom. The summed E-state index contributed by atoms with van der Waals surface area (Å²) in [6.45, 7) is 7.69. The molecule has 0 radical (unpaired) electrons. The summed E-state index contributed by atoms with van der Waals surface area (Å²) in [5, 5.41) is 0. The number of carbonyl (C=O) groups is 1. The summed E-state index contributed by atoms with van der Waals surface area (Å²) in [5.74, 6) is 0.541. The van der Waals surface area contributed by atoms with Crippen molar-refractivity contribution in [3.8, 4) is 11.8 Å². The molecule has 30 heavy (non-hydrogen) atoms. The Morgan fingerprint density at radius 2 is 1.77 bits per heavy atom. The normalized spacial score (nSPS) is 12.5. The van der Waals surface area contributed by atoms with Crippen molar-refractivity contribution < 1.29 is 17.9 Å². The maximum atomic E-state index is 12.8. The van der Waals surface area contributed by atoms with E-state index in [1.165, 1.54) is 31.2 Å². The highest BCUT2D eigenvalue weighted by Gasteiger charge is 2.22. The van der Waals surface area contributed by atoms with Crippen molar-refractivity contribution in [1.29, 1.82) is 0 Å². The zero-order valence-corrected chi connectivity index (χ0v) is 18.2. The predicted octanol–water partition coefficient (Wildman–Crippen LogP) is 4.25. The second kappa shape index (κ2) is 8.81. The Kier molecular flexibility index (Phi) is 6.38. The Balaban J connectivity index is 1.80. The monoisotopic (exact) mass is 427 g/mol. The molecule has 0 bridgehead atoms. The number of imidazole rings is 1. The van der Waals surface area contributed by atoms with Crippen molar-refractivity contribution in [2.75, 3.05) is 0 Å². The second-order valence-corrected chi connectivity index (χ2v) is 8.76. The number of rotatable bonds is 8. The van der Waals surface area contributed by atoms with Crippen molar-refractivity contribution >= 4 is 15.8 Å². The topological polar surface area (TPSA) is 90.3 Å². The molecule has 1 atom stereocenters. The van der Waals surface area contributed by atoms with Crippen LogP contribution in [-0.2, 0) is 16.6 Å². The van der Waals surface area contributed by atoms with Gasteiger partial charge in [0.25, 0.3) is 0 Å². The molecule has 0 aliphatic rings. The molecule has 0 fully saturated rings. The average Bonchev–Trinajstić information content (AvgIpc) is 3.12. The number of Topliss-reactive ketones (excluding diaryl/α,β-unsaturated/α-hetero) is 1. The van der Waals surface area contributed by atoms with Gasteiger partial charge in [-0.1, -0.05) is 29.8 Å². The summed E-state index contributed by atoms with van der Waals surface area (Å²) in [6.07, 6.45) is 1.61. The number of nitrogens with zero attached hydrogens (tertiary/aromatic N) is 2. The van der Waals surface area contributed by atoms with Gasteiger partial charge in [0.1, 0.15) is 5.75 Å². The molecule has 1 N–H and O–H groups in total. The largest absolute Gasteiger partial charge is 0.426 e. The summed E-state index contributed by atoms with van der Waals surface area (Å²) in [4.78, 5) is 15.8. The fraction of sp³-hybridized carbons (Fsp3) is 0.273. The third-order valence-corrected chi connectivity index (χ3v) is 6.30. The lowest BCUT2D eigenvalue weighted by Crippen LogP contribution is -2.28. The van der Waals surface area contributed by atoms with Crippen LogP contribution in [0.1, 0.15) is 48.4 Å². The van der Waals surface area contributed by atoms with Crippen molar-refractivity contribution in [2.45, 2.75) is 45.2 Å². The molecule has 1 heterocycles. The number of sulfonamides is 1. The predicted molar refractivity (Wildman–Crippen MR) is 114 cm³/mol. The first-order valence-electron chi connectivity index (χ1n) is 9.64. The number of carbonyl (C=O) groups excluding carboxylic acids is 1. The lowest BCUT2D eigenvalue weighted by atomic mass is 10.2. The molecule has 7 nitrogen and oxygen atoms in total. The number of nitrogens with one attached hydrogen (secondary N) is 1. The fourth-order valence-electron chi connectivity index (χ4n) is 3.06. The van der Waals surface area contributed by atoms with Crippen LogP contribution in [0.2, 0.25) is 0 Å². The van der Waals surface area contributed by atoms with E-state index in [9.17, 15) is 13.2 Å². The summed E-state index contributed by atoms with van der Waals surface area (Å²) < 4.78 is 35.9. The molecule has 3 aromatic rings. The van der Waals surface area contributed by atoms with E-state index in [-0.39, 0.29) is 10.7 Å². The third-order valence-electron chi connectivity index (χ3n) is 4.74. The number of aromatic nitrogens is 2. The summed E-state index contributed by atoms with van der Waals surface area (Å²) in [6, 6.07) is 13.3. The molecule has 2 aromatic carbocycles. The maximum Gasteiger partial charge on any atom is 0.302 e. The van der Waals surface area contributed by atoms with Gasteiger partial charge >= 0.3 is 6.01 Å². The standard InChI is InChI=1S/C22H25N3O4S/c1-5-25-21(14-23-22(25)29-19-10-6-15(2)7-11-19)16(3)24-30(27,28)20-12-8-18(9-13-20)17(4)26/h6-14,16,24H,5H2,1-4H3. The van der Waals surface area contributed by atoms with Crippen LogP contribution in [0.4, 0.5) is 0 Å². The third kappa shape index (κ3) is 4.77. The van der Waals surface area contributed by atoms with E-state index >= 15 is 0 Å². The Labute approximate surface area is 176 Å². The van der Waals surface area contributed by atoms with Gasteiger partial charge in [0.05, 0.1) is 22.8 Å². The van der Waals surface area contributed by atoms with Gasteiger partial charge in [-0.25, -0.2) is 18.1 Å². The molecule has 0 spiro atoms. The molecule has 0 saturated heterocycles. The molecule has 3 rings (SSSR count). The first-order chi connectivity index (χ1) is 14.2. The number of hydrogen-bond acceptors (Lipinski definition) is 5. The molecule has 0 amide bonds. The maximum absolute atomic E-state index is 12.8. The Bertz CT molecular complexity index is 1130. The highest BCUT2D eigenvalue weighted by atomic mass is 32.2. The molecule has 8 heteroatoms. The second-order valence-electron chi connectivity index (χ2n) is 7.05. The van der Waals surface area contributed by atoms with E-state index < -0.39 is 16.1 Å². The first-order valence-corrected chi connectivity index (χ1v) is 11.1. The van der Waals surface area contributed by atoms with Gasteiger partial charge in [0, 0.05) is 12.1 Å². The zero-order chi connectivity index (χ0) is 21.9. The van der Waals surface area contributed by atoms with Gasteiger partial charge in [-0.2, -0.15) is 0 Å². The van der Waals surface area contributed by atoms with Gasteiger partial charge in [0.2, 0.25) is 10.0 Å². The number of benzene rings is 2. The lowest BCUT2D eigenvalue weighted by Gasteiger charge is -2.17.